The SMILES string of the molecule is C#CCOCCOCCOCCOCCN(CCOCCN(C)C(=O)OC([C@H](O)CO)[C@@H]1OC(C(=O)O)=C[C@H](N=C(N)N)[C@H]1C)CCOCCN(C)C(=O)O[C@@H]([C@@H]1OC(C(=O)O)=C[C@H](N=C(N)N)[C@H]1C)[C@H](O)CO.N=[N+]=NCCOCCOCCOCCOCCC(=O)Oc1c(F)c(F)cc(F)c1F. The normalized spacial score (nSPS) is 18.0. The fraction of sp³-hybridized carbons (Fsp3) is 0.694. The van der Waals surface area contributed by atoms with E-state index in [1.54, 1.807) is 13.8 Å². The largest absolute Gasteiger partial charge is 0.479 e. The number of aliphatic hydroxyl groups is 4. The molecule has 0 bridgehead atoms. The van der Waals surface area contributed by atoms with Crippen molar-refractivity contribution >= 4 is 42.0 Å². The van der Waals surface area contributed by atoms with E-state index in [1.165, 1.54) is 26.2 Å². The summed E-state index contributed by atoms with van der Waals surface area (Å²) in [6.45, 7) is 8.22. The number of amides is 2. The lowest BCUT2D eigenvalue weighted by atomic mass is 9.87. The van der Waals surface area contributed by atoms with Crippen LogP contribution in [-0.2, 0) is 80.7 Å². The highest BCUT2D eigenvalue weighted by molar-refractivity contribution is 5.85. The average Bonchev–Trinajstić information content (AvgIpc) is 0.809. The van der Waals surface area contributed by atoms with Gasteiger partial charge in [0, 0.05) is 64.7 Å². The van der Waals surface area contributed by atoms with E-state index in [0.717, 1.165) is 9.80 Å². The molecule has 590 valence electrons. The number of terminal acetylenes is 1. The first-order valence-electron chi connectivity index (χ1n) is 32.5. The van der Waals surface area contributed by atoms with Crippen LogP contribution < -0.4 is 32.6 Å². The number of benzene rings is 1. The highest BCUT2D eigenvalue weighted by atomic mass is 19.2. The van der Waals surface area contributed by atoms with Crippen molar-refractivity contribution in [3.8, 4) is 18.1 Å². The van der Waals surface area contributed by atoms with Crippen molar-refractivity contribution in [2.45, 2.75) is 69.0 Å². The highest BCUT2D eigenvalue weighted by Gasteiger charge is 2.46. The predicted molar refractivity (Wildman–Crippen MR) is 353 cm³/mol. The van der Waals surface area contributed by atoms with Gasteiger partial charge < -0.3 is 134 Å². The molecule has 0 fully saturated rings. The number of nitrogens with two attached hydrogens (primary N) is 4. The third kappa shape index (κ3) is 37.0. The first kappa shape index (κ1) is 91.9. The highest BCUT2D eigenvalue weighted by Crippen LogP contribution is 2.33. The molecule has 0 aromatic heterocycles. The number of carboxylic acid groups (broad SMARTS) is 2. The fourth-order valence-electron chi connectivity index (χ4n) is 8.94. The molecule has 3 rings (SSSR count). The molecule has 2 aliphatic heterocycles. The van der Waals surface area contributed by atoms with Crippen LogP contribution in [-0.4, -0.2) is 335 Å². The number of aliphatic imine (C=N–C) groups is 2. The molecule has 104 heavy (non-hydrogen) atoms. The Morgan fingerprint density at radius 2 is 0.923 bits per heavy atom. The second-order valence-corrected chi connectivity index (χ2v) is 22.3. The summed E-state index contributed by atoms with van der Waals surface area (Å²) in [5.41, 5.74) is 28.6. The van der Waals surface area contributed by atoms with Crippen LogP contribution in [0.1, 0.15) is 20.3 Å². The molecule has 38 nitrogen and oxygen atoms in total. The van der Waals surface area contributed by atoms with Crippen molar-refractivity contribution in [3.05, 3.63) is 53.0 Å². The quantitative estimate of drug-likeness (QED) is 0.00323. The lowest BCUT2D eigenvalue weighted by molar-refractivity contribution is -0.148. The number of rotatable bonds is 53. The van der Waals surface area contributed by atoms with E-state index >= 15 is 0 Å². The molecule has 0 spiro atoms. The van der Waals surface area contributed by atoms with Gasteiger partial charge in [0.2, 0.25) is 33.8 Å². The van der Waals surface area contributed by atoms with Gasteiger partial charge in [0.05, 0.1) is 157 Å². The van der Waals surface area contributed by atoms with E-state index in [-0.39, 0.29) is 90.4 Å². The van der Waals surface area contributed by atoms with Gasteiger partial charge in [-0.25, -0.2) is 37.9 Å². The average molecular weight is 1500 g/mol. The molecule has 10 atom stereocenters. The first-order valence-corrected chi connectivity index (χ1v) is 32.5. The monoisotopic (exact) mass is 1500 g/mol. The Balaban J connectivity index is 0.00000102. The summed E-state index contributed by atoms with van der Waals surface area (Å²) >= 11 is 0. The van der Waals surface area contributed by atoms with Gasteiger partial charge in [0.25, 0.3) is 0 Å². The van der Waals surface area contributed by atoms with Gasteiger partial charge in [-0.3, -0.25) is 9.69 Å². The van der Waals surface area contributed by atoms with Crippen LogP contribution in [0.2, 0.25) is 0 Å². The molecule has 1 aromatic carbocycles. The van der Waals surface area contributed by atoms with Crippen LogP contribution in [0.5, 0.6) is 5.75 Å². The third-order valence-electron chi connectivity index (χ3n) is 14.5. The third-order valence-corrected chi connectivity index (χ3v) is 14.5. The minimum absolute atomic E-state index is 0.0142. The van der Waals surface area contributed by atoms with Gasteiger partial charge in [-0.15, -0.1) is 6.42 Å². The number of nitrogens with zero attached hydrogens (tertiary/aromatic N) is 7. The molecular formula is C62H99F4N12O26+. The number of likely N-dealkylation sites (N-methyl/N-ethyl adjacent to an activating group) is 2. The number of halogens is 4. The number of nitrogens with one attached hydrogen (secondary N) is 1. The molecule has 0 aliphatic carbocycles. The minimum Gasteiger partial charge on any atom is -0.479 e. The summed E-state index contributed by atoms with van der Waals surface area (Å²) in [6.07, 6.45) is -3.66. The van der Waals surface area contributed by atoms with Crippen LogP contribution in [0.3, 0.4) is 0 Å². The van der Waals surface area contributed by atoms with Gasteiger partial charge in [-0.1, -0.05) is 19.8 Å². The number of carboxylic acids is 2. The van der Waals surface area contributed by atoms with E-state index in [2.05, 4.69) is 30.7 Å². The standard InChI is InChI=1S/C45H77N9O20.C17H22F4N3O6/c1-6-12-65-18-20-69-22-23-70-21-19-68-17-11-54(9-15-66-13-7-52(4)44(63)73-38(32(57)26-55)36-28(2)30(50-42(46)47)24-34(71-36)40(59)60)10-16-67-14-8-53(5)45(64)74-39(33(58)27-56)37-29(3)31(51-43(48)49)25-35(72-37)41(61)62;18-12-11-13(19)16(21)17(15(12)20)30-14(25)1-3-26-5-7-28-9-10-29-8-6-27-4-2-23-24-22/h1,24-25,28-33,36-39,55-58H,7-23,26-27H2,2-5H3,(H,59,60)(H,61,62)(H4,46,47,50)(H4,48,49,51);11,22H,1-10H2/q;+1/t28-,29-,30+,31+,32-,33-,36-,37-,38-,39?;/m1./s1. The van der Waals surface area contributed by atoms with Crippen molar-refractivity contribution in [3.63, 3.8) is 0 Å². The topological polar surface area (TPSA) is 534 Å². The number of guanidine groups is 2. The molecule has 15 N–H and O–H groups in total. The second-order valence-electron chi connectivity index (χ2n) is 22.3. The Labute approximate surface area is 597 Å². The molecule has 2 amide bonds. The molecule has 2 aliphatic rings. The Morgan fingerprint density at radius 1 is 0.577 bits per heavy atom. The summed E-state index contributed by atoms with van der Waals surface area (Å²) in [4.78, 5) is 76.8. The zero-order valence-electron chi connectivity index (χ0n) is 58.4. The molecule has 0 saturated carbocycles. The van der Waals surface area contributed by atoms with Crippen molar-refractivity contribution < 1.29 is 143 Å². The maximum Gasteiger partial charge on any atom is 0.410 e. The number of aliphatic hydroxyl groups excluding tert-OH is 4. The number of esters is 1. The molecule has 42 heteroatoms. The van der Waals surface area contributed by atoms with Crippen LogP contribution >= 0.6 is 0 Å². The fourth-order valence-corrected chi connectivity index (χ4v) is 8.94. The Bertz CT molecular complexity index is 2800. The zero-order valence-corrected chi connectivity index (χ0v) is 58.4. The molecule has 1 aromatic rings. The number of carbonyl (C=O) groups is 5. The van der Waals surface area contributed by atoms with E-state index in [1.807, 2.05) is 4.90 Å². The first-order chi connectivity index (χ1) is 49.7. The van der Waals surface area contributed by atoms with Crippen LogP contribution in [0.15, 0.2) is 44.8 Å². The summed E-state index contributed by atoms with van der Waals surface area (Å²) in [5, 5.41) is 63.6. The van der Waals surface area contributed by atoms with Crippen LogP contribution in [0.4, 0.5) is 27.2 Å². The van der Waals surface area contributed by atoms with E-state index < -0.39 is 144 Å². The van der Waals surface area contributed by atoms with E-state index in [0.29, 0.717) is 105 Å². The van der Waals surface area contributed by atoms with Crippen molar-refractivity contribution in [2.24, 2.45) is 49.9 Å². The molecule has 0 saturated heterocycles. The molecule has 0 radical (unpaired) electrons. The number of ether oxygens (including phenoxy) is 15. The van der Waals surface area contributed by atoms with E-state index in [9.17, 15) is 72.2 Å². The number of hydrogen-bond donors (Lipinski definition) is 11. The van der Waals surface area contributed by atoms with Gasteiger partial charge in [0.1, 0.15) is 48.2 Å². The van der Waals surface area contributed by atoms with Gasteiger partial charge >= 0.3 is 30.1 Å². The lowest BCUT2D eigenvalue weighted by Crippen LogP contribution is -2.52. The number of hydrogen-bond acceptors (Lipinski definition) is 29. The number of carbonyl (C=O) groups excluding carboxylic acids is 3. The van der Waals surface area contributed by atoms with Gasteiger partial charge in [0.15, 0.2) is 35.8 Å². The smallest absolute Gasteiger partial charge is 0.410 e. The lowest BCUT2D eigenvalue weighted by Gasteiger charge is -2.38. The summed E-state index contributed by atoms with van der Waals surface area (Å²) in [5.74, 6) is -13.2. The molecular weight excluding hydrogens is 1400 g/mol. The molecule has 2 heterocycles. The summed E-state index contributed by atoms with van der Waals surface area (Å²) in [7, 11) is 2.83. The van der Waals surface area contributed by atoms with Crippen molar-refractivity contribution in [1.82, 2.24) is 19.6 Å². The number of aliphatic carboxylic acids is 2. The van der Waals surface area contributed by atoms with Crippen LogP contribution in [0, 0.1) is 53.0 Å². The van der Waals surface area contributed by atoms with Gasteiger partial charge in [-0.05, 0) is 12.2 Å². The Hall–Kier alpha value is -8.22. The maximum absolute atomic E-state index is 13.4. The zero-order chi connectivity index (χ0) is 77.4. The minimum atomic E-state index is -1.79. The summed E-state index contributed by atoms with van der Waals surface area (Å²) in [6, 6.07) is -1.81. The van der Waals surface area contributed by atoms with Crippen molar-refractivity contribution in [2.75, 3.05) is 199 Å². The Morgan fingerprint density at radius 3 is 1.28 bits per heavy atom. The second kappa shape index (κ2) is 53.5. The van der Waals surface area contributed by atoms with Gasteiger partial charge in [-0.2, -0.15) is 8.78 Å². The van der Waals surface area contributed by atoms with Crippen molar-refractivity contribution in [1.29, 1.82) is 5.53 Å². The van der Waals surface area contributed by atoms with E-state index in [4.69, 9.17) is 101 Å². The van der Waals surface area contributed by atoms with Crippen LogP contribution in [0.25, 0.3) is 0 Å². The maximum atomic E-state index is 13.4. The summed E-state index contributed by atoms with van der Waals surface area (Å²) < 4.78 is 134. The predicted octanol–water partition coefficient (Wildman–Crippen LogP) is -1.95. The molecule has 1 unspecified atom stereocenters. The Kier molecular flexibility index (Phi) is 47.3.